The van der Waals surface area contributed by atoms with Gasteiger partial charge in [-0.05, 0) is 33.1 Å². The van der Waals surface area contributed by atoms with Crippen molar-refractivity contribution in [3.63, 3.8) is 0 Å². The van der Waals surface area contributed by atoms with Crippen molar-refractivity contribution in [3.8, 4) is 0 Å². The van der Waals surface area contributed by atoms with Crippen molar-refractivity contribution in [2.45, 2.75) is 57.7 Å². The van der Waals surface area contributed by atoms with Gasteiger partial charge >= 0.3 is 0 Å². The highest BCUT2D eigenvalue weighted by molar-refractivity contribution is 5.95. The minimum absolute atomic E-state index is 0.0134. The molecule has 3 fully saturated rings. The second-order valence-electron chi connectivity index (χ2n) is 8.06. The van der Waals surface area contributed by atoms with Crippen LogP contribution in [0.3, 0.4) is 0 Å². The van der Waals surface area contributed by atoms with Crippen molar-refractivity contribution in [3.05, 3.63) is 17.5 Å². The van der Waals surface area contributed by atoms with E-state index < -0.39 is 0 Å². The first-order chi connectivity index (χ1) is 12.5. The first-order valence-corrected chi connectivity index (χ1v) is 9.79. The predicted molar refractivity (Wildman–Crippen MR) is 95.8 cm³/mol. The monoisotopic (exact) mass is 360 g/mol. The van der Waals surface area contributed by atoms with E-state index in [0.29, 0.717) is 31.1 Å². The summed E-state index contributed by atoms with van der Waals surface area (Å²) < 4.78 is 5.73. The average Bonchev–Trinajstić information content (AvgIpc) is 3.20. The summed E-state index contributed by atoms with van der Waals surface area (Å²) in [6, 6.07) is 0. The molecule has 7 heteroatoms. The summed E-state index contributed by atoms with van der Waals surface area (Å²) >= 11 is 0. The first kappa shape index (κ1) is 17.5. The van der Waals surface area contributed by atoms with Crippen LogP contribution in [0.1, 0.15) is 61.5 Å². The molecule has 0 spiro atoms. The Bertz CT molecular complexity index is 674. The lowest BCUT2D eigenvalue weighted by Gasteiger charge is -2.35. The lowest BCUT2D eigenvalue weighted by atomic mass is 9.84. The van der Waals surface area contributed by atoms with Gasteiger partial charge in [-0.15, -0.1) is 0 Å². The summed E-state index contributed by atoms with van der Waals surface area (Å²) in [6.45, 7) is 6.65. The number of amides is 2. The van der Waals surface area contributed by atoms with E-state index in [4.69, 9.17) is 4.74 Å². The molecule has 0 unspecified atom stereocenters. The standard InChI is InChI=1S/C19H28N4O3/c1-12-9-23(10-13(2)26-12)19(25)16-8-20-21-17(16)15-6-7-22(11-15)18(24)14-4-3-5-14/h8,12-15H,3-7,9-11H2,1-2H3,(H,20,21)/t12-,13-,15+/m1/s1. The van der Waals surface area contributed by atoms with Gasteiger partial charge in [0.2, 0.25) is 5.91 Å². The van der Waals surface area contributed by atoms with Crippen molar-refractivity contribution >= 4 is 11.8 Å². The van der Waals surface area contributed by atoms with E-state index in [-0.39, 0.29) is 30.0 Å². The molecule has 2 saturated heterocycles. The number of rotatable bonds is 3. The number of carbonyl (C=O) groups is 2. The number of hydrogen-bond acceptors (Lipinski definition) is 4. The lowest BCUT2D eigenvalue weighted by Crippen LogP contribution is -2.48. The molecule has 0 bridgehead atoms. The molecule has 1 aromatic heterocycles. The molecule has 1 aliphatic carbocycles. The summed E-state index contributed by atoms with van der Waals surface area (Å²) in [5.41, 5.74) is 1.53. The maximum Gasteiger partial charge on any atom is 0.257 e. The molecule has 1 aromatic rings. The van der Waals surface area contributed by atoms with Gasteiger partial charge in [0.05, 0.1) is 29.7 Å². The van der Waals surface area contributed by atoms with Crippen LogP contribution in [-0.2, 0) is 9.53 Å². The van der Waals surface area contributed by atoms with E-state index in [1.165, 1.54) is 6.42 Å². The lowest BCUT2D eigenvalue weighted by molar-refractivity contribution is -0.137. The van der Waals surface area contributed by atoms with Gasteiger partial charge < -0.3 is 14.5 Å². The zero-order valence-electron chi connectivity index (χ0n) is 15.6. The highest BCUT2D eigenvalue weighted by Crippen LogP contribution is 2.34. The number of nitrogens with zero attached hydrogens (tertiary/aromatic N) is 3. The van der Waals surface area contributed by atoms with Crippen LogP contribution in [0.25, 0.3) is 0 Å². The van der Waals surface area contributed by atoms with Crippen LogP contribution in [0.4, 0.5) is 0 Å². The molecular weight excluding hydrogens is 332 g/mol. The molecule has 2 amide bonds. The summed E-state index contributed by atoms with van der Waals surface area (Å²) in [7, 11) is 0. The van der Waals surface area contributed by atoms with Crippen molar-refractivity contribution in [2.24, 2.45) is 5.92 Å². The number of hydrogen-bond donors (Lipinski definition) is 1. The van der Waals surface area contributed by atoms with Crippen molar-refractivity contribution in [1.82, 2.24) is 20.0 Å². The average molecular weight is 360 g/mol. The third kappa shape index (κ3) is 3.24. The van der Waals surface area contributed by atoms with Crippen LogP contribution in [0, 0.1) is 5.92 Å². The molecule has 3 aliphatic rings. The maximum absolute atomic E-state index is 13.0. The molecule has 1 saturated carbocycles. The van der Waals surface area contributed by atoms with E-state index in [1.54, 1.807) is 6.20 Å². The van der Waals surface area contributed by atoms with Crippen LogP contribution < -0.4 is 0 Å². The second-order valence-corrected chi connectivity index (χ2v) is 8.06. The fourth-order valence-corrected chi connectivity index (χ4v) is 4.40. The zero-order chi connectivity index (χ0) is 18.3. The molecule has 0 aromatic carbocycles. The topological polar surface area (TPSA) is 78.5 Å². The molecule has 0 radical (unpaired) electrons. The molecule has 7 nitrogen and oxygen atoms in total. The Labute approximate surface area is 154 Å². The van der Waals surface area contributed by atoms with Crippen molar-refractivity contribution in [1.29, 1.82) is 0 Å². The minimum atomic E-state index is 0.0134. The van der Waals surface area contributed by atoms with Gasteiger partial charge in [0.25, 0.3) is 5.91 Å². The Hall–Kier alpha value is -1.89. The number of carbonyl (C=O) groups excluding carboxylic acids is 2. The molecule has 3 atom stereocenters. The van der Waals surface area contributed by atoms with Gasteiger partial charge in [0.1, 0.15) is 0 Å². The van der Waals surface area contributed by atoms with Gasteiger partial charge in [-0.25, -0.2) is 0 Å². The van der Waals surface area contributed by atoms with Crippen molar-refractivity contribution in [2.75, 3.05) is 26.2 Å². The van der Waals surface area contributed by atoms with Crippen molar-refractivity contribution < 1.29 is 14.3 Å². The summed E-state index contributed by atoms with van der Waals surface area (Å²) in [5, 5.41) is 7.19. The molecule has 1 N–H and O–H groups in total. The Balaban J connectivity index is 1.45. The van der Waals surface area contributed by atoms with E-state index in [0.717, 1.165) is 31.5 Å². The molecule has 142 valence electrons. The predicted octanol–water partition coefficient (Wildman–Crippen LogP) is 1.78. The van der Waals surface area contributed by atoms with Crippen LogP contribution in [0.15, 0.2) is 6.20 Å². The maximum atomic E-state index is 13.0. The molecule has 2 aliphatic heterocycles. The van der Waals surface area contributed by atoms with E-state index in [2.05, 4.69) is 10.2 Å². The SMILES string of the molecule is C[C@@H]1CN(C(=O)c2cn[nH]c2[C@H]2CCN(C(=O)C3CCC3)C2)C[C@@H](C)O1. The Morgan fingerprint density at radius 3 is 2.50 bits per heavy atom. The summed E-state index contributed by atoms with van der Waals surface area (Å²) in [4.78, 5) is 29.4. The third-order valence-electron chi connectivity index (χ3n) is 5.97. The molecular formula is C19H28N4O3. The summed E-state index contributed by atoms with van der Waals surface area (Å²) in [5.74, 6) is 0.700. The van der Waals surface area contributed by atoms with Gasteiger partial charge in [-0.3, -0.25) is 14.7 Å². The van der Waals surface area contributed by atoms with Gasteiger partial charge in [0, 0.05) is 38.0 Å². The van der Waals surface area contributed by atoms with Crippen LogP contribution in [-0.4, -0.2) is 70.2 Å². The van der Waals surface area contributed by atoms with Crippen LogP contribution in [0.5, 0.6) is 0 Å². The van der Waals surface area contributed by atoms with E-state index in [9.17, 15) is 9.59 Å². The molecule has 3 heterocycles. The zero-order valence-corrected chi connectivity index (χ0v) is 15.6. The fraction of sp³-hybridized carbons (Fsp3) is 0.737. The number of aromatic nitrogens is 2. The number of aromatic amines is 1. The molecule has 26 heavy (non-hydrogen) atoms. The van der Waals surface area contributed by atoms with Gasteiger partial charge in [-0.1, -0.05) is 6.42 Å². The fourth-order valence-electron chi connectivity index (χ4n) is 4.40. The summed E-state index contributed by atoms with van der Waals surface area (Å²) in [6.07, 6.45) is 5.83. The van der Waals surface area contributed by atoms with Crippen LogP contribution >= 0.6 is 0 Å². The highest BCUT2D eigenvalue weighted by atomic mass is 16.5. The quantitative estimate of drug-likeness (QED) is 0.891. The Kier molecular flexibility index (Phi) is 4.73. The van der Waals surface area contributed by atoms with Gasteiger partial charge in [-0.2, -0.15) is 5.10 Å². The van der Waals surface area contributed by atoms with Gasteiger partial charge in [0.15, 0.2) is 0 Å². The number of likely N-dealkylation sites (tertiary alicyclic amines) is 1. The Morgan fingerprint density at radius 2 is 1.85 bits per heavy atom. The van der Waals surface area contributed by atoms with E-state index in [1.807, 2.05) is 23.6 Å². The number of nitrogens with one attached hydrogen (secondary N) is 1. The minimum Gasteiger partial charge on any atom is -0.372 e. The smallest absolute Gasteiger partial charge is 0.257 e. The Morgan fingerprint density at radius 1 is 1.12 bits per heavy atom. The first-order valence-electron chi connectivity index (χ1n) is 9.79. The molecule has 4 rings (SSSR count). The third-order valence-corrected chi connectivity index (χ3v) is 5.97. The number of morpholine rings is 1. The van der Waals surface area contributed by atoms with E-state index >= 15 is 0 Å². The number of H-pyrrole nitrogens is 1. The highest BCUT2D eigenvalue weighted by Gasteiger charge is 2.37. The number of ether oxygens (including phenoxy) is 1. The second kappa shape index (κ2) is 7.02. The largest absolute Gasteiger partial charge is 0.372 e. The van der Waals surface area contributed by atoms with Crippen LogP contribution in [0.2, 0.25) is 0 Å². The normalized spacial score (nSPS) is 29.7.